The van der Waals surface area contributed by atoms with E-state index in [1.807, 2.05) is 30.3 Å². The van der Waals surface area contributed by atoms with Crippen molar-refractivity contribution in [1.29, 1.82) is 0 Å². The fraction of sp³-hybridized carbons (Fsp3) is 0.190. The van der Waals surface area contributed by atoms with E-state index in [0.717, 1.165) is 32.0 Å². The van der Waals surface area contributed by atoms with Crippen LogP contribution in [0.2, 0.25) is 0 Å². The van der Waals surface area contributed by atoms with Gasteiger partial charge < -0.3 is 10.4 Å². The molecule has 0 fully saturated rings. The van der Waals surface area contributed by atoms with Crippen molar-refractivity contribution in [3.05, 3.63) is 60.9 Å². The summed E-state index contributed by atoms with van der Waals surface area (Å²) in [7, 11) is 0. The van der Waals surface area contributed by atoms with Crippen LogP contribution in [0.15, 0.2) is 60.9 Å². The molecule has 0 radical (unpaired) electrons. The summed E-state index contributed by atoms with van der Waals surface area (Å²) in [6.07, 6.45) is 3.49. The molecule has 3 aromatic heterocycles. The van der Waals surface area contributed by atoms with Gasteiger partial charge in [0.1, 0.15) is 10.6 Å². The van der Waals surface area contributed by atoms with Crippen LogP contribution in [0.4, 0.5) is 5.82 Å². The Balaban J connectivity index is 1.84. The SMILES string of the molecule is CC(C)(O)CNc1nc(-c2cccnc2)nc2sc(-c3ccccc3)cc12. The average molecular weight is 376 g/mol. The number of hydrogen-bond donors (Lipinski definition) is 2. The fourth-order valence-corrected chi connectivity index (χ4v) is 3.76. The lowest BCUT2D eigenvalue weighted by atomic mass is 10.1. The van der Waals surface area contributed by atoms with Crippen LogP contribution in [-0.4, -0.2) is 32.2 Å². The molecular formula is C21H20N4OS. The lowest BCUT2D eigenvalue weighted by Gasteiger charge is -2.18. The van der Waals surface area contributed by atoms with E-state index < -0.39 is 5.60 Å². The van der Waals surface area contributed by atoms with Crippen LogP contribution in [0.5, 0.6) is 0 Å². The van der Waals surface area contributed by atoms with Crippen molar-refractivity contribution in [2.75, 3.05) is 11.9 Å². The van der Waals surface area contributed by atoms with Gasteiger partial charge >= 0.3 is 0 Å². The predicted octanol–water partition coefficient (Wildman–Crippen LogP) is 4.60. The Bertz CT molecular complexity index is 1060. The third kappa shape index (κ3) is 3.97. The topological polar surface area (TPSA) is 70.9 Å². The highest BCUT2D eigenvalue weighted by atomic mass is 32.1. The second-order valence-electron chi connectivity index (χ2n) is 7.00. The summed E-state index contributed by atoms with van der Waals surface area (Å²) in [5.74, 6) is 1.34. The van der Waals surface area contributed by atoms with E-state index in [1.165, 1.54) is 0 Å². The lowest BCUT2D eigenvalue weighted by Crippen LogP contribution is -2.29. The van der Waals surface area contributed by atoms with Gasteiger partial charge in [-0.1, -0.05) is 30.3 Å². The standard InChI is InChI=1S/C21H20N4OS/c1-21(2,26)13-23-19-16-11-17(14-7-4-3-5-8-14)27-20(16)25-18(24-19)15-9-6-10-22-12-15/h3-12,26H,13H2,1-2H3,(H,23,24,25). The van der Waals surface area contributed by atoms with Gasteiger partial charge in [0.15, 0.2) is 5.82 Å². The van der Waals surface area contributed by atoms with Crippen LogP contribution >= 0.6 is 11.3 Å². The van der Waals surface area contributed by atoms with E-state index in [-0.39, 0.29) is 0 Å². The summed E-state index contributed by atoms with van der Waals surface area (Å²) in [4.78, 5) is 15.7. The van der Waals surface area contributed by atoms with Gasteiger partial charge in [0.05, 0.1) is 11.0 Å². The molecule has 0 unspecified atom stereocenters. The Labute approximate surface area is 161 Å². The minimum Gasteiger partial charge on any atom is -0.389 e. The lowest BCUT2D eigenvalue weighted by molar-refractivity contribution is 0.0944. The average Bonchev–Trinajstić information content (AvgIpc) is 3.11. The monoisotopic (exact) mass is 376 g/mol. The smallest absolute Gasteiger partial charge is 0.164 e. The summed E-state index contributed by atoms with van der Waals surface area (Å²) >= 11 is 1.63. The van der Waals surface area contributed by atoms with Gasteiger partial charge in [-0.25, -0.2) is 9.97 Å². The minimum atomic E-state index is -0.843. The fourth-order valence-electron chi connectivity index (χ4n) is 2.73. The second-order valence-corrected chi connectivity index (χ2v) is 8.03. The maximum Gasteiger partial charge on any atom is 0.164 e. The molecule has 4 aromatic rings. The third-order valence-electron chi connectivity index (χ3n) is 4.06. The predicted molar refractivity (Wildman–Crippen MR) is 111 cm³/mol. The van der Waals surface area contributed by atoms with E-state index >= 15 is 0 Å². The molecule has 0 bridgehead atoms. The Kier molecular flexibility index (Phi) is 4.59. The van der Waals surface area contributed by atoms with Crippen molar-refractivity contribution < 1.29 is 5.11 Å². The normalized spacial score (nSPS) is 11.7. The van der Waals surface area contributed by atoms with E-state index in [4.69, 9.17) is 9.97 Å². The number of aromatic nitrogens is 3. The number of nitrogens with zero attached hydrogens (tertiary/aromatic N) is 3. The number of nitrogens with one attached hydrogen (secondary N) is 1. The molecule has 136 valence electrons. The van der Waals surface area contributed by atoms with Crippen LogP contribution in [0.3, 0.4) is 0 Å². The van der Waals surface area contributed by atoms with Crippen molar-refractivity contribution in [2.45, 2.75) is 19.4 Å². The number of fused-ring (bicyclic) bond motifs is 1. The van der Waals surface area contributed by atoms with Crippen molar-refractivity contribution >= 4 is 27.4 Å². The van der Waals surface area contributed by atoms with Crippen LogP contribution in [-0.2, 0) is 0 Å². The molecule has 27 heavy (non-hydrogen) atoms. The summed E-state index contributed by atoms with van der Waals surface area (Å²) in [6.45, 7) is 3.93. The first-order valence-electron chi connectivity index (χ1n) is 8.73. The zero-order valence-corrected chi connectivity index (χ0v) is 16.0. The Morgan fingerprint density at radius 3 is 2.52 bits per heavy atom. The zero-order chi connectivity index (χ0) is 18.9. The van der Waals surface area contributed by atoms with Gasteiger partial charge in [0.25, 0.3) is 0 Å². The number of benzene rings is 1. The van der Waals surface area contributed by atoms with Crippen LogP contribution in [0, 0.1) is 0 Å². The number of rotatable bonds is 5. The maximum absolute atomic E-state index is 10.1. The van der Waals surface area contributed by atoms with E-state index in [1.54, 1.807) is 37.6 Å². The summed E-state index contributed by atoms with van der Waals surface area (Å²) in [5.41, 5.74) is 1.17. The molecule has 4 rings (SSSR count). The quantitative estimate of drug-likeness (QED) is 0.532. The van der Waals surface area contributed by atoms with Crippen molar-refractivity contribution in [3.63, 3.8) is 0 Å². The molecule has 2 N–H and O–H groups in total. The largest absolute Gasteiger partial charge is 0.389 e. The third-order valence-corrected chi connectivity index (χ3v) is 5.14. The second kappa shape index (κ2) is 7.06. The van der Waals surface area contributed by atoms with Gasteiger partial charge in [-0.2, -0.15) is 0 Å². The number of pyridine rings is 1. The molecule has 0 spiro atoms. The maximum atomic E-state index is 10.1. The first kappa shape index (κ1) is 17.6. The molecule has 3 heterocycles. The molecule has 0 aliphatic rings. The molecule has 0 atom stereocenters. The highest BCUT2D eigenvalue weighted by Gasteiger charge is 2.17. The van der Waals surface area contributed by atoms with Crippen LogP contribution < -0.4 is 5.32 Å². The van der Waals surface area contributed by atoms with E-state index in [9.17, 15) is 5.11 Å². The molecule has 0 aliphatic carbocycles. The van der Waals surface area contributed by atoms with Gasteiger partial charge in [0, 0.05) is 29.4 Å². The van der Waals surface area contributed by atoms with Crippen molar-refractivity contribution in [2.24, 2.45) is 0 Å². The summed E-state index contributed by atoms with van der Waals surface area (Å²) < 4.78 is 0. The number of thiophene rings is 1. The highest BCUT2D eigenvalue weighted by molar-refractivity contribution is 7.21. The van der Waals surface area contributed by atoms with Gasteiger partial charge in [0.2, 0.25) is 0 Å². The summed E-state index contributed by atoms with van der Waals surface area (Å²) in [6, 6.07) is 16.2. The number of anilines is 1. The van der Waals surface area contributed by atoms with E-state index in [2.05, 4.69) is 28.5 Å². The molecule has 0 aliphatic heterocycles. The first-order valence-corrected chi connectivity index (χ1v) is 9.55. The summed E-state index contributed by atoms with van der Waals surface area (Å²) in [5, 5.41) is 14.3. The number of hydrogen-bond acceptors (Lipinski definition) is 6. The zero-order valence-electron chi connectivity index (χ0n) is 15.2. The molecule has 0 amide bonds. The Morgan fingerprint density at radius 2 is 1.81 bits per heavy atom. The molecule has 0 saturated carbocycles. The van der Waals surface area contributed by atoms with Gasteiger partial charge in [-0.05, 0) is 37.6 Å². The highest BCUT2D eigenvalue weighted by Crippen LogP contribution is 2.36. The van der Waals surface area contributed by atoms with Crippen LogP contribution in [0.1, 0.15) is 13.8 Å². The molecule has 0 saturated heterocycles. The van der Waals surface area contributed by atoms with Crippen molar-refractivity contribution in [3.8, 4) is 21.8 Å². The Morgan fingerprint density at radius 1 is 1.04 bits per heavy atom. The van der Waals surface area contributed by atoms with Gasteiger partial charge in [-0.3, -0.25) is 4.98 Å². The Hall–Kier alpha value is -2.83. The molecule has 1 aromatic carbocycles. The van der Waals surface area contributed by atoms with Crippen molar-refractivity contribution in [1.82, 2.24) is 15.0 Å². The molecule has 5 nitrogen and oxygen atoms in total. The van der Waals surface area contributed by atoms with Crippen LogP contribution in [0.25, 0.3) is 32.0 Å². The molecule has 6 heteroatoms. The van der Waals surface area contributed by atoms with E-state index in [0.29, 0.717) is 12.4 Å². The first-order chi connectivity index (χ1) is 13.0. The minimum absolute atomic E-state index is 0.391. The number of aliphatic hydroxyl groups is 1. The van der Waals surface area contributed by atoms with Gasteiger partial charge in [-0.15, -0.1) is 11.3 Å². The molecular weight excluding hydrogens is 356 g/mol.